The van der Waals surface area contributed by atoms with Crippen molar-refractivity contribution in [2.24, 2.45) is 0 Å². The van der Waals surface area contributed by atoms with E-state index in [-0.39, 0.29) is 5.28 Å². The molecule has 0 spiro atoms. The van der Waals surface area contributed by atoms with Gasteiger partial charge in [0.2, 0.25) is 17.2 Å². The van der Waals surface area contributed by atoms with Gasteiger partial charge in [0.1, 0.15) is 16.9 Å². The zero-order chi connectivity index (χ0) is 36.2. The van der Waals surface area contributed by atoms with Crippen molar-refractivity contribution < 1.29 is 18.6 Å². The van der Waals surface area contributed by atoms with E-state index in [2.05, 4.69) is 47.9 Å². The third kappa shape index (κ3) is 5.07. The number of rotatable bonds is 6. The van der Waals surface area contributed by atoms with Crippen molar-refractivity contribution in [2.45, 2.75) is 83.7 Å². The Kier molecular flexibility index (Phi) is 7.39. The number of fused-ring (bicyclic) bond motifs is 6. The fraction of sp³-hybridized carbons (Fsp3) is 0.351. The predicted molar refractivity (Wildman–Crippen MR) is 202 cm³/mol. The molecule has 262 valence electrons. The number of aromatic nitrogens is 8. The van der Waals surface area contributed by atoms with Crippen molar-refractivity contribution in [3.8, 4) is 11.9 Å². The lowest BCUT2D eigenvalue weighted by molar-refractivity contribution is -0.0152. The first-order valence-electron chi connectivity index (χ1n) is 17.5. The van der Waals surface area contributed by atoms with Crippen molar-refractivity contribution in [3.05, 3.63) is 84.0 Å². The average molecular weight is 715 g/mol. The molecule has 2 fully saturated rings. The smallest absolute Gasteiger partial charge is 0.405 e. The number of hydrogen-bond acceptors (Lipinski definition) is 10. The lowest BCUT2D eigenvalue weighted by Gasteiger charge is -2.36. The highest BCUT2D eigenvalue weighted by Crippen LogP contribution is 2.45. The van der Waals surface area contributed by atoms with Crippen LogP contribution in [-0.4, -0.2) is 75.5 Å². The molecule has 2 saturated heterocycles. The molecular weight excluding hydrogens is 678 g/mol. The normalized spacial score (nSPS) is 21.0. The largest absolute Gasteiger partial charge is 0.488 e. The van der Waals surface area contributed by atoms with Crippen molar-refractivity contribution in [2.75, 3.05) is 0 Å². The maximum absolute atomic E-state index is 6.64. The molecule has 1 atom stereocenters. The van der Waals surface area contributed by atoms with Gasteiger partial charge in [-0.2, -0.15) is 15.0 Å². The average Bonchev–Trinajstić information content (AvgIpc) is 3.77. The summed E-state index contributed by atoms with van der Waals surface area (Å²) in [5.74, 6) is 0.645. The Bertz CT molecular complexity index is 2490. The minimum Gasteiger partial charge on any atom is -0.405 e. The van der Waals surface area contributed by atoms with Crippen LogP contribution in [0.25, 0.3) is 55.9 Å². The number of para-hydroxylation sites is 1. The maximum atomic E-state index is 6.64. The quantitative estimate of drug-likeness (QED) is 0.165. The van der Waals surface area contributed by atoms with E-state index in [0.717, 1.165) is 38.3 Å². The standard InChI is InChI=1S/C37H37B2ClN8O4/c1-34(2)35(3,4)50-38(49-34)39-51-36(5,6)37(7,52-39)17-16-22-20-26-25-14-11-19-42-29(25)48(30(26)43-21-22)33-45-31(40)44-32(46-33)47-27-15-9-8-12-23(27)24-13-10-18-41-28(24)47/h8-15,18-21H,16-17H2,1-7H3. The van der Waals surface area contributed by atoms with Gasteiger partial charge >= 0.3 is 14.0 Å². The van der Waals surface area contributed by atoms with Gasteiger partial charge in [0, 0.05) is 40.1 Å². The van der Waals surface area contributed by atoms with Crippen molar-refractivity contribution in [1.29, 1.82) is 0 Å². The Labute approximate surface area is 306 Å². The molecule has 15 heteroatoms. The molecular formula is C37H37B2ClN8O4. The first-order chi connectivity index (χ1) is 24.8. The van der Waals surface area contributed by atoms with Gasteiger partial charge in [0.15, 0.2) is 0 Å². The van der Waals surface area contributed by atoms with Crippen molar-refractivity contribution in [3.63, 3.8) is 0 Å². The third-order valence-electron chi connectivity index (χ3n) is 11.3. The van der Waals surface area contributed by atoms with Crippen LogP contribution in [-0.2, 0) is 25.0 Å². The Hall–Kier alpha value is -4.46. The summed E-state index contributed by atoms with van der Waals surface area (Å²) in [7, 11) is -1.28. The molecule has 2 aliphatic rings. The van der Waals surface area contributed by atoms with Gasteiger partial charge in [-0.05, 0) is 115 Å². The first-order valence-corrected chi connectivity index (χ1v) is 17.8. The molecule has 0 radical (unpaired) electrons. The maximum Gasteiger partial charge on any atom is 0.488 e. The highest BCUT2D eigenvalue weighted by Gasteiger charge is 2.64. The fourth-order valence-corrected chi connectivity index (χ4v) is 7.46. The van der Waals surface area contributed by atoms with Crippen LogP contribution in [0, 0.1) is 0 Å². The molecule has 52 heavy (non-hydrogen) atoms. The molecule has 1 aromatic carbocycles. The van der Waals surface area contributed by atoms with Crippen LogP contribution < -0.4 is 0 Å². The van der Waals surface area contributed by atoms with E-state index >= 15 is 0 Å². The summed E-state index contributed by atoms with van der Waals surface area (Å²) < 4.78 is 29.4. The SMILES string of the molecule is CC1(C)OB(B2OC(C)(C)C(C)(CCc3cnc4c(c3)c3cccnc3n4-c3nc(Cl)nc(-n4c5ccccc5c5cccnc54)n3)O2)OC1(C)C. The van der Waals surface area contributed by atoms with Crippen LogP contribution in [0.2, 0.25) is 5.28 Å². The van der Waals surface area contributed by atoms with Gasteiger partial charge in [-0.3, -0.25) is 4.57 Å². The predicted octanol–water partition coefficient (Wildman–Crippen LogP) is 7.08. The second-order valence-corrected chi connectivity index (χ2v) is 15.7. The molecule has 2 aliphatic heterocycles. The van der Waals surface area contributed by atoms with Gasteiger partial charge in [-0.15, -0.1) is 0 Å². The number of aryl methyl sites for hydroxylation is 1. The van der Waals surface area contributed by atoms with E-state index in [9.17, 15) is 0 Å². The van der Waals surface area contributed by atoms with E-state index in [1.165, 1.54) is 0 Å². The van der Waals surface area contributed by atoms with Gasteiger partial charge in [0.05, 0.1) is 27.9 Å². The summed E-state index contributed by atoms with van der Waals surface area (Å²) in [6.45, 7) is 14.3. The Morgan fingerprint density at radius 1 is 0.615 bits per heavy atom. The zero-order valence-corrected chi connectivity index (χ0v) is 30.8. The van der Waals surface area contributed by atoms with Crippen LogP contribution in [0.3, 0.4) is 0 Å². The Morgan fingerprint density at radius 2 is 1.17 bits per heavy atom. The Balaban J connectivity index is 1.07. The molecule has 7 aromatic rings. The van der Waals surface area contributed by atoms with Gasteiger partial charge in [0.25, 0.3) is 0 Å². The second-order valence-electron chi connectivity index (χ2n) is 15.3. The number of benzene rings is 1. The summed E-state index contributed by atoms with van der Waals surface area (Å²) in [5.41, 5.74) is 1.78. The molecule has 1 unspecified atom stereocenters. The van der Waals surface area contributed by atoms with Crippen LogP contribution in [0.1, 0.15) is 60.5 Å². The lowest BCUT2D eigenvalue weighted by Crippen LogP contribution is -2.45. The molecule has 8 heterocycles. The van der Waals surface area contributed by atoms with Crippen molar-refractivity contribution >= 4 is 69.6 Å². The summed E-state index contributed by atoms with van der Waals surface area (Å²) >= 11 is 6.64. The molecule has 9 rings (SSSR count). The number of halogens is 1. The van der Waals surface area contributed by atoms with Gasteiger partial charge in [-0.25, -0.2) is 19.5 Å². The van der Waals surface area contributed by atoms with Crippen LogP contribution in [0.15, 0.2) is 73.2 Å². The molecule has 0 aliphatic carbocycles. The number of nitrogens with zero attached hydrogens (tertiary/aromatic N) is 8. The Morgan fingerprint density at radius 3 is 1.88 bits per heavy atom. The lowest BCUT2D eigenvalue weighted by atomic mass is 9.49. The summed E-state index contributed by atoms with van der Waals surface area (Å²) in [6, 6.07) is 18.1. The van der Waals surface area contributed by atoms with E-state index in [4.69, 9.17) is 45.2 Å². The topological polar surface area (TPSA) is 124 Å². The zero-order valence-electron chi connectivity index (χ0n) is 30.1. The summed E-state index contributed by atoms with van der Waals surface area (Å²) in [5, 5.41) is 3.89. The molecule has 0 saturated carbocycles. The van der Waals surface area contributed by atoms with Gasteiger partial charge in [-0.1, -0.05) is 18.2 Å². The highest BCUT2D eigenvalue weighted by atomic mass is 35.5. The molecule has 0 amide bonds. The minimum atomic E-state index is -0.652. The number of pyridine rings is 3. The minimum absolute atomic E-state index is 0.0397. The van der Waals surface area contributed by atoms with Gasteiger partial charge < -0.3 is 18.6 Å². The fourth-order valence-electron chi connectivity index (χ4n) is 7.31. The summed E-state index contributed by atoms with van der Waals surface area (Å²) in [4.78, 5) is 28.5. The van der Waals surface area contributed by atoms with Crippen LogP contribution in [0.5, 0.6) is 0 Å². The monoisotopic (exact) mass is 714 g/mol. The molecule has 0 N–H and O–H groups in total. The first kappa shape index (κ1) is 33.4. The second kappa shape index (κ2) is 11.5. The van der Waals surface area contributed by atoms with E-state index in [0.29, 0.717) is 36.0 Å². The van der Waals surface area contributed by atoms with E-state index in [1.807, 2.05) is 85.5 Å². The number of hydrogen-bond donors (Lipinski definition) is 0. The molecule has 0 bridgehead atoms. The van der Waals surface area contributed by atoms with Crippen LogP contribution >= 0.6 is 11.6 Å². The highest BCUT2D eigenvalue weighted by molar-refractivity contribution is 7.11. The molecule has 12 nitrogen and oxygen atoms in total. The summed E-state index contributed by atoms with van der Waals surface area (Å²) in [6.07, 6.45) is 6.76. The van der Waals surface area contributed by atoms with E-state index < -0.39 is 36.4 Å². The van der Waals surface area contributed by atoms with E-state index in [1.54, 1.807) is 12.4 Å². The van der Waals surface area contributed by atoms with Crippen molar-refractivity contribution in [1.82, 2.24) is 39.0 Å². The van der Waals surface area contributed by atoms with Crippen LogP contribution in [0.4, 0.5) is 0 Å². The molecule has 6 aromatic heterocycles. The third-order valence-corrected chi connectivity index (χ3v) is 11.5.